The normalized spacial score (nSPS) is 19.6. The van der Waals surface area contributed by atoms with Crippen molar-refractivity contribution < 1.29 is 4.79 Å². The lowest BCUT2D eigenvalue weighted by Crippen LogP contribution is -2.31. The van der Waals surface area contributed by atoms with Gasteiger partial charge < -0.3 is 5.32 Å². The molecule has 3 aromatic rings. The Labute approximate surface area is 159 Å². The van der Waals surface area contributed by atoms with E-state index in [9.17, 15) is 4.79 Å². The van der Waals surface area contributed by atoms with Gasteiger partial charge in [-0.1, -0.05) is 60.7 Å². The van der Waals surface area contributed by atoms with Crippen molar-refractivity contribution in [2.75, 3.05) is 6.54 Å². The van der Waals surface area contributed by atoms with Crippen molar-refractivity contribution in [3.8, 4) is 11.3 Å². The van der Waals surface area contributed by atoms with Crippen LogP contribution in [0.1, 0.15) is 47.7 Å². The van der Waals surface area contributed by atoms with Crippen molar-refractivity contribution >= 4 is 5.91 Å². The van der Waals surface area contributed by atoms with E-state index < -0.39 is 0 Å². The van der Waals surface area contributed by atoms with Gasteiger partial charge in [-0.25, -0.2) is 0 Å². The fraction of sp³-hybridized carbons (Fsp3) is 0.318. The number of aromatic nitrogens is 3. The van der Waals surface area contributed by atoms with E-state index >= 15 is 0 Å². The van der Waals surface area contributed by atoms with Crippen LogP contribution in [0.4, 0.5) is 0 Å². The number of hydrogen-bond acceptors (Lipinski definition) is 3. The first-order valence-corrected chi connectivity index (χ1v) is 9.60. The number of benzene rings is 2. The molecule has 5 nitrogen and oxygen atoms in total. The fourth-order valence-corrected chi connectivity index (χ4v) is 3.93. The SMILES string of the molecule is O=C(NCC1CCC(c2ccccc2)CC1)c1n[nH]nc1-c1ccccc1. The Bertz CT molecular complexity index is 868. The van der Waals surface area contributed by atoms with Gasteiger partial charge in [-0.15, -0.1) is 0 Å². The molecule has 0 aliphatic heterocycles. The summed E-state index contributed by atoms with van der Waals surface area (Å²) in [5, 5.41) is 13.8. The molecule has 1 aromatic heterocycles. The Morgan fingerprint density at radius 2 is 1.59 bits per heavy atom. The van der Waals surface area contributed by atoms with Crippen LogP contribution in [0, 0.1) is 5.92 Å². The average molecular weight is 360 g/mol. The van der Waals surface area contributed by atoms with E-state index in [1.807, 2.05) is 30.3 Å². The molecule has 1 saturated carbocycles. The van der Waals surface area contributed by atoms with Crippen molar-refractivity contribution in [3.63, 3.8) is 0 Å². The highest BCUT2D eigenvalue weighted by atomic mass is 16.2. The third kappa shape index (κ3) is 4.08. The molecule has 0 unspecified atom stereocenters. The van der Waals surface area contributed by atoms with Gasteiger partial charge in [0.1, 0.15) is 5.69 Å². The van der Waals surface area contributed by atoms with Crippen LogP contribution in [0.15, 0.2) is 60.7 Å². The molecule has 1 aliphatic carbocycles. The minimum Gasteiger partial charge on any atom is -0.350 e. The molecule has 5 heteroatoms. The van der Waals surface area contributed by atoms with Crippen molar-refractivity contribution in [2.45, 2.75) is 31.6 Å². The molecule has 138 valence electrons. The lowest BCUT2D eigenvalue weighted by atomic mass is 9.79. The Kier molecular flexibility index (Phi) is 5.28. The first kappa shape index (κ1) is 17.5. The van der Waals surface area contributed by atoms with Crippen LogP contribution in [0.3, 0.4) is 0 Å². The van der Waals surface area contributed by atoms with Crippen LogP contribution < -0.4 is 5.32 Å². The largest absolute Gasteiger partial charge is 0.350 e. The summed E-state index contributed by atoms with van der Waals surface area (Å²) in [4.78, 5) is 12.6. The van der Waals surface area contributed by atoms with Crippen molar-refractivity contribution in [3.05, 3.63) is 71.9 Å². The van der Waals surface area contributed by atoms with Gasteiger partial charge in [-0.3, -0.25) is 4.79 Å². The zero-order valence-corrected chi connectivity index (χ0v) is 15.3. The van der Waals surface area contributed by atoms with E-state index in [0.29, 0.717) is 29.8 Å². The topological polar surface area (TPSA) is 70.7 Å². The third-order valence-electron chi connectivity index (χ3n) is 5.48. The number of H-pyrrole nitrogens is 1. The van der Waals surface area contributed by atoms with Gasteiger partial charge in [-0.05, 0) is 43.1 Å². The van der Waals surface area contributed by atoms with E-state index in [2.05, 4.69) is 51.1 Å². The minimum absolute atomic E-state index is 0.159. The number of aromatic amines is 1. The summed E-state index contributed by atoms with van der Waals surface area (Å²) >= 11 is 0. The number of carbonyl (C=O) groups is 1. The van der Waals surface area contributed by atoms with E-state index in [0.717, 1.165) is 18.4 Å². The molecule has 2 aromatic carbocycles. The Morgan fingerprint density at radius 1 is 0.926 bits per heavy atom. The molecule has 0 bridgehead atoms. The van der Waals surface area contributed by atoms with Gasteiger partial charge in [0.2, 0.25) is 0 Å². The van der Waals surface area contributed by atoms with Crippen molar-refractivity contribution in [2.24, 2.45) is 5.92 Å². The second kappa shape index (κ2) is 8.16. The van der Waals surface area contributed by atoms with Gasteiger partial charge in [0, 0.05) is 12.1 Å². The van der Waals surface area contributed by atoms with E-state index in [-0.39, 0.29) is 5.91 Å². The highest BCUT2D eigenvalue weighted by Gasteiger charge is 2.24. The van der Waals surface area contributed by atoms with Gasteiger partial charge in [-0.2, -0.15) is 15.4 Å². The number of amides is 1. The molecule has 0 spiro atoms. The second-order valence-corrected chi connectivity index (χ2v) is 7.23. The van der Waals surface area contributed by atoms with Crippen LogP contribution in [-0.2, 0) is 0 Å². The second-order valence-electron chi connectivity index (χ2n) is 7.23. The molecule has 2 N–H and O–H groups in total. The maximum absolute atomic E-state index is 12.6. The minimum atomic E-state index is -0.159. The van der Waals surface area contributed by atoms with Gasteiger partial charge >= 0.3 is 0 Å². The quantitative estimate of drug-likeness (QED) is 0.717. The Hall–Kier alpha value is -2.95. The van der Waals surface area contributed by atoms with Crippen molar-refractivity contribution in [1.82, 2.24) is 20.7 Å². The molecule has 0 radical (unpaired) electrons. The lowest BCUT2D eigenvalue weighted by Gasteiger charge is -2.28. The average Bonchev–Trinajstić information content (AvgIpc) is 3.24. The molecule has 0 saturated heterocycles. The predicted octanol–water partition coefficient (Wildman–Crippen LogP) is 4.18. The summed E-state index contributed by atoms with van der Waals surface area (Å²) in [5.74, 6) is 1.02. The van der Waals surface area contributed by atoms with Crippen LogP contribution in [-0.4, -0.2) is 27.9 Å². The summed E-state index contributed by atoms with van der Waals surface area (Å²) in [7, 11) is 0. The Balaban J connectivity index is 1.32. The molecule has 4 rings (SSSR count). The molecular formula is C22H24N4O. The third-order valence-corrected chi connectivity index (χ3v) is 5.48. The van der Waals surface area contributed by atoms with Crippen LogP contribution in [0.5, 0.6) is 0 Å². The van der Waals surface area contributed by atoms with Crippen molar-refractivity contribution in [1.29, 1.82) is 0 Å². The molecule has 1 aliphatic rings. The molecule has 1 heterocycles. The zero-order valence-electron chi connectivity index (χ0n) is 15.3. The molecular weight excluding hydrogens is 336 g/mol. The molecule has 27 heavy (non-hydrogen) atoms. The summed E-state index contributed by atoms with van der Waals surface area (Å²) in [5.41, 5.74) is 3.29. The van der Waals surface area contributed by atoms with E-state index in [1.54, 1.807) is 0 Å². The number of rotatable bonds is 5. The summed E-state index contributed by atoms with van der Waals surface area (Å²) in [6.07, 6.45) is 4.65. The fourth-order valence-electron chi connectivity index (χ4n) is 3.93. The van der Waals surface area contributed by atoms with E-state index in [1.165, 1.54) is 18.4 Å². The number of nitrogens with one attached hydrogen (secondary N) is 2. The highest BCUT2D eigenvalue weighted by Crippen LogP contribution is 2.35. The standard InChI is InChI=1S/C22H24N4O/c27-22(21-20(24-26-25-21)19-9-5-2-6-10-19)23-15-16-11-13-18(14-12-16)17-7-3-1-4-8-17/h1-10,16,18H,11-15H2,(H,23,27)(H,24,25,26). The highest BCUT2D eigenvalue weighted by molar-refractivity contribution is 5.97. The number of hydrogen-bond donors (Lipinski definition) is 2. The van der Waals surface area contributed by atoms with E-state index in [4.69, 9.17) is 0 Å². The molecule has 1 amide bonds. The number of carbonyl (C=O) groups excluding carboxylic acids is 1. The van der Waals surface area contributed by atoms with Crippen LogP contribution in [0.2, 0.25) is 0 Å². The zero-order chi connectivity index (χ0) is 18.5. The first-order chi connectivity index (χ1) is 13.3. The summed E-state index contributed by atoms with van der Waals surface area (Å²) in [6.45, 7) is 0.696. The van der Waals surface area contributed by atoms with Gasteiger partial charge in [0.25, 0.3) is 5.91 Å². The summed E-state index contributed by atoms with van der Waals surface area (Å²) < 4.78 is 0. The molecule has 0 atom stereocenters. The monoisotopic (exact) mass is 360 g/mol. The first-order valence-electron chi connectivity index (χ1n) is 9.60. The smallest absolute Gasteiger partial charge is 0.274 e. The molecule has 1 fully saturated rings. The van der Waals surface area contributed by atoms with Crippen LogP contribution >= 0.6 is 0 Å². The maximum atomic E-state index is 12.6. The number of nitrogens with zero attached hydrogens (tertiary/aromatic N) is 2. The van der Waals surface area contributed by atoms with Gasteiger partial charge in [0.15, 0.2) is 5.69 Å². The lowest BCUT2D eigenvalue weighted by molar-refractivity contribution is 0.0938. The maximum Gasteiger partial charge on any atom is 0.274 e. The van der Waals surface area contributed by atoms with Crippen LogP contribution in [0.25, 0.3) is 11.3 Å². The predicted molar refractivity (Wildman–Crippen MR) is 105 cm³/mol. The van der Waals surface area contributed by atoms with Gasteiger partial charge in [0.05, 0.1) is 0 Å². The Morgan fingerprint density at radius 3 is 2.30 bits per heavy atom. The summed E-state index contributed by atoms with van der Waals surface area (Å²) in [6, 6.07) is 20.4.